The highest BCUT2D eigenvalue weighted by molar-refractivity contribution is 9.10. The molecule has 0 spiro atoms. The molecule has 1 aromatic carbocycles. The molecule has 0 saturated carbocycles. The number of carbonyl (C=O) groups excluding carboxylic acids is 1. The number of aromatic amines is 1. The molecule has 0 aliphatic carbocycles. The van der Waals surface area contributed by atoms with Gasteiger partial charge in [0.2, 0.25) is 5.91 Å². The number of benzene rings is 1. The van der Waals surface area contributed by atoms with Crippen molar-refractivity contribution in [3.63, 3.8) is 0 Å². The summed E-state index contributed by atoms with van der Waals surface area (Å²) in [7, 11) is 0. The van der Waals surface area contributed by atoms with Crippen molar-refractivity contribution in [3.8, 4) is 0 Å². The molecule has 2 rings (SSSR count). The van der Waals surface area contributed by atoms with Gasteiger partial charge >= 0.3 is 0 Å². The van der Waals surface area contributed by atoms with E-state index >= 15 is 0 Å². The first-order valence-electron chi connectivity index (χ1n) is 5.02. The first-order valence-corrected chi connectivity index (χ1v) is 6.22. The van der Waals surface area contributed by atoms with Gasteiger partial charge in [-0.05, 0) is 30.4 Å². The molecule has 0 radical (unpaired) electrons. The Balaban J connectivity index is 2.93. The largest absolute Gasteiger partial charge is 0.331 e. The van der Waals surface area contributed by atoms with Gasteiger partial charge in [-0.1, -0.05) is 22.9 Å². The van der Waals surface area contributed by atoms with Crippen molar-refractivity contribution >= 4 is 45.0 Å². The van der Waals surface area contributed by atoms with Gasteiger partial charge in [0.1, 0.15) is 0 Å². The number of fused-ring (bicyclic) bond motifs is 1. The minimum atomic E-state index is -0.378. The molecular formula is C11H9BrN2O2S. The summed E-state index contributed by atoms with van der Waals surface area (Å²) in [6.07, 6.45) is 0.233. The van der Waals surface area contributed by atoms with E-state index < -0.39 is 0 Å². The molecule has 0 aliphatic heterocycles. The summed E-state index contributed by atoms with van der Waals surface area (Å²) in [6.45, 7) is 1.69. The van der Waals surface area contributed by atoms with Crippen molar-refractivity contribution in [2.45, 2.75) is 13.3 Å². The number of rotatable bonds is 1. The normalized spacial score (nSPS) is 10.7. The van der Waals surface area contributed by atoms with Crippen LogP contribution in [0.1, 0.15) is 18.1 Å². The van der Waals surface area contributed by atoms with Crippen molar-refractivity contribution in [2.24, 2.45) is 0 Å². The second-order valence-corrected chi connectivity index (χ2v) is 4.81. The highest BCUT2D eigenvalue weighted by Gasteiger charge is 2.10. The third kappa shape index (κ3) is 2.10. The average Bonchev–Trinajstić information content (AvgIpc) is 2.30. The van der Waals surface area contributed by atoms with E-state index in [2.05, 4.69) is 20.9 Å². The van der Waals surface area contributed by atoms with Crippen LogP contribution in [-0.2, 0) is 0 Å². The number of carbonyl (C=O) groups is 1. The predicted octanol–water partition coefficient (Wildman–Crippen LogP) is 2.87. The van der Waals surface area contributed by atoms with Crippen LogP contribution in [0, 0.1) is 4.77 Å². The summed E-state index contributed by atoms with van der Waals surface area (Å²) in [5.41, 5.74) is 0.250. The smallest absolute Gasteiger partial charge is 0.269 e. The SMILES string of the molecule is CCC(=O)n1c(=S)[nH]c2ccc(Br)cc2c1=O. The molecule has 4 nitrogen and oxygen atoms in total. The van der Waals surface area contributed by atoms with E-state index in [1.54, 1.807) is 25.1 Å². The van der Waals surface area contributed by atoms with E-state index in [1.165, 1.54) is 0 Å². The van der Waals surface area contributed by atoms with Crippen molar-refractivity contribution < 1.29 is 4.79 Å². The van der Waals surface area contributed by atoms with Crippen LogP contribution in [0.15, 0.2) is 27.5 Å². The molecule has 0 aliphatic rings. The monoisotopic (exact) mass is 312 g/mol. The van der Waals surface area contributed by atoms with E-state index in [-0.39, 0.29) is 22.7 Å². The maximum Gasteiger partial charge on any atom is 0.269 e. The van der Waals surface area contributed by atoms with Gasteiger partial charge < -0.3 is 4.98 Å². The number of aromatic nitrogens is 2. The number of nitrogens with one attached hydrogen (secondary N) is 1. The second kappa shape index (κ2) is 4.54. The Morgan fingerprint density at radius 1 is 1.53 bits per heavy atom. The Morgan fingerprint density at radius 3 is 2.88 bits per heavy atom. The summed E-state index contributed by atoms with van der Waals surface area (Å²) < 4.78 is 1.92. The van der Waals surface area contributed by atoms with Gasteiger partial charge in [-0.25, -0.2) is 4.57 Å². The highest BCUT2D eigenvalue weighted by atomic mass is 79.9. The van der Waals surface area contributed by atoms with Gasteiger partial charge in [-0.2, -0.15) is 0 Å². The first-order chi connectivity index (χ1) is 8.04. The second-order valence-electron chi connectivity index (χ2n) is 3.51. The van der Waals surface area contributed by atoms with Crippen LogP contribution in [0.5, 0.6) is 0 Å². The van der Waals surface area contributed by atoms with Crippen molar-refractivity contribution in [2.75, 3.05) is 0 Å². The number of H-pyrrole nitrogens is 1. The standard InChI is InChI=1S/C11H9BrN2O2S/c1-2-9(15)14-10(16)7-5-6(12)3-4-8(7)13-11(14)17/h3-5H,2H2,1H3,(H,13,17). The fourth-order valence-corrected chi connectivity index (χ4v) is 2.23. The molecule has 2 aromatic rings. The average molecular weight is 313 g/mol. The van der Waals surface area contributed by atoms with Crippen LogP contribution in [0.4, 0.5) is 0 Å². The molecule has 0 fully saturated rings. The Bertz CT molecular complexity index is 717. The Labute approximate surface area is 110 Å². The molecule has 0 atom stereocenters. The van der Waals surface area contributed by atoms with Gasteiger partial charge in [-0.3, -0.25) is 9.59 Å². The van der Waals surface area contributed by atoms with E-state index in [9.17, 15) is 9.59 Å². The lowest BCUT2D eigenvalue weighted by Gasteiger charge is -2.05. The fourth-order valence-electron chi connectivity index (χ4n) is 1.57. The van der Waals surface area contributed by atoms with Crippen molar-refractivity contribution in [1.82, 2.24) is 9.55 Å². The molecule has 0 bridgehead atoms. The maximum atomic E-state index is 12.1. The lowest BCUT2D eigenvalue weighted by Crippen LogP contribution is -2.27. The zero-order valence-electron chi connectivity index (χ0n) is 8.99. The summed E-state index contributed by atoms with van der Waals surface area (Å²) >= 11 is 8.31. The van der Waals surface area contributed by atoms with Gasteiger partial charge in [0.05, 0.1) is 10.9 Å². The molecule has 0 amide bonds. The molecule has 1 aromatic heterocycles. The van der Waals surface area contributed by atoms with Crippen LogP contribution in [0.2, 0.25) is 0 Å². The topological polar surface area (TPSA) is 54.9 Å². The summed E-state index contributed by atoms with van der Waals surface area (Å²) in [5, 5.41) is 0.440. The molecule has 0 unspecified atom stereocenters. The van der Waals surface area contributed by atoms with E-state index in [0.717, 1.165) is 9.04 Å². The minimum absolute atomic E-state index is 0.136. The lowest BCUT2D eigenvalue weighted by molar-refractivity contribution is 0.0902. The third-order valence-corrected chi connectivity index (χ3v) is 3.19. The summed E-state index contributed by atoms with van der Waals surface area (Å²) in [6, 6.07) is 5.22. The molecular weight excluding hydrogens is 304 g/mol. The summed E-state index contributed by atoms with van der Waals surface area (Å²) in [4.78, 5) is 26.7. The molecule has 6 heteroatoms. The Hall–Kier alpha value is -1.27. The quantitative estimate of drug-likeness (QED) is 0.824. The Kier molecular flexibility index (Phi) is 3.26. The van der Waals surface area contributed by atoms with Gasteiger partial charge in [0.25, 0.3) is 5.56 Å². The predicted molar refractivity (Wildman–Crippen MR) is 72.0 cm³/mol. The Morgan fingerprint density at radius 2 is 2.24 bits per heavy atom. The number of hydrogen-bond donors (Lipinski definition) is 1. The zero-order chi connectivity index (χ0) is 12.6. The van der Waals surface area contributed by atoms with Gasteiger partial charge in [0, 0.05) is 10.9 Å². The number of halogens is 1. The van der Waals surface area contributed by atoms with Gasteiger partial charge in [0.15, 0.2) is 4.77 Å². The highest BCUT2D eigenvalue weighted by Crippen LogP contribution is 2.15. The summed E-state index contributed by atoms with van der Waals surface area (Å²) in [5.74, 6) is -0.307. The minimum Gasteiger partial charge on any atom is -0.331 e. The number of nitrogens with zero attached hydrogens (tertiary/aromatic N) is 1. The van der Waals surface area contributed by atoms with E-state index in [1.807, 2.05) is 0 Å². The van der Waals surface area contributed by atoms with Crippen molar-refractivity contribution in [3.05, 3.63) is 37.8 Å². The molecule has 17 heavy (non-hydrogen) atoms. The molecule has 1 heterocycles. The maximum absolute atomic E-state index is 12.1. The van der Waals surface area contributed by atoms with Crippen LogP contribution < -0.4 is 5.56 Å². The molecule has 0 saturated heterocycles. The first kappa shape index (κ1) is 12.2. The number of hydrogen-bond acceptors (Lipinski definition) is 3. The molecule has 1 N–H and O–H groups in total. The van der Waals surface area contributed by atoms with Crippen LogP contribution >= 0.6 is 28.1 Å². The molecule has 88 valence electrons. The van der Waals surface area contributed by atoms with Gasteiger partial charge in [-0.15, -0.1) is 0 Å². The van der Waals surface area contributed by atoms with E-state index in [0.29, 0.717) is 10.9 Å². The van der Waals surface area contributed by atoms with Crippen molar-refractivity contribution in [1.29, 1.82) is 0 Å². The van der Waals surface area contributed by atoms with Crippen LogP contribution in [0.25, 0.3) is 10.9 Å². The fraction of sp³-hybridized carbons (Fsp3) is 0.182. The van der Waals surface area contributed by atoms with E-state index in [4.69, 9.17) is 12.2 Å². The third-order valence-electron chi connectivity index (χ3n) is 2.41. The van der Waals surface area contributed by atoms with Crippen LogP contribution in [0.3, 0.4) is 0 Å². The lowest BCUT2D eigenvalue weighted by atomic mass is 10.2. The zero-order valence-corrected chi connectivity index (χ0v) is 11.4. The van der Waals surface area contributed by atoms with Crippen LogP contribution in [-0.4, -0.2) is 15.5 Å².